The highest BCUT2D eigenvalue weighted by Crippen LogP contribution is 2.37. The third-order valence-corrected chi connectivity index (χ3v) is 3.87. The molecule has 1 fully saturated rings. The zero-order chi connectivity index (χ0) is 13.1. The first kappa shape index (κ1) is 12.0. The van der Waals surface area contributed by atoms with Crippen LogP contribution in [0.2, 0.25) is 0 Å². The van der Waals surface area contributed by atoms with Gasteiger partial charge in [-0.05, 0) is 11.1 Å². The van der Waals surface area contributed by atoms with E-state index >= 15 is 0 Å². The Bertz CT molecular complexity index is 550. The highest BCUT2D eigenvalue weighted by Gasteiger charge is 2.31. The van der Waals surface area contributed by atoms with E-state index < -0.39 is 0 Å². The summed E-state index contributed by atoms with van der Waals surface area (Å²) in [6.07, 6.45) is 0.573. The molecular weight excluding hydrogens is 234 g/mol. The van der Waals surface area contributed by atoms with Gasteiger partial charge in [-0.15, -0.1) is 0 Å². The van der Waals surface area contributed by atoms with Crippen LogP contribution in [-0.2, 0) is 4.79 Å². The molecule has 0 radical (unpaired) electrons. The van der Waals surface area contributed by atoms with Gasteiger partial charge in [-0.2, -0.15) is 0 Å². The van der Waals surface area contributed by atoms with Crippen LogP contribution in [0.5, 0.6) is 0 Å². The molecule has 0 spiro atoms. The Kier molecular flexibility index (Phi) is 3.32. The predicted molar refractivity (Wildman–Crippen MR) is 76.0 cm³/mol. The Morgan fingerprint density at radius 1 is 0.789 bits per heavy atom. The van der Waals surface area contributed by atoms with Gasteiger partial charge in [0.25, 0.3) is 0 Å². The van der Waals surface area contributed by atoms with Crippen molar-refractivity contribution in [1.29, 1.82) is 0 Å². The molecule has 1 amide bonds. The molecule has 2 nitrogen and oxygen atoms in total. The van der Waals surface area contributed by atoms with Crippen molar-refractivity contribution in [2.75, 3.05) is 6.54 Å². The zero-order valence-electron chi connectivity index (χ0n) is 10.8. The maximum atomic E-state index is 11.7. The quantitative estimate of drug-likeness (QED) is 0.873. The molecule has 19 heavy (non-hydrogen) atoms. The van der Waals surface area contributed by atoms with Crippen LogP contribution in [0.4, 0.5) is 0 Å². The van der Waals surface area contributed by atoms with E-state index in [4.69, 9.17) is 0 Å². The second-order valence-corrected chi connectivity index (χ2v) is 5.04. The van der Waals surface area contributed by atoms with Crippen LogP contribution in [0.15, 0.2) is 60.7 Å². The van der Waals surface area contributed by atoms with E-state index in [0.717, 1.165) is 6.54 Å². The normalized spacial score (nSPS) is 22.8. The average Bonchev–Trinajstić information content (AvgIpc) is 2.49. The largest absolute Gasteiger partial charge is 0.355 e. The van der Waals surface area contributed by atoms with Crippen molar-refractivity contribution in [3.05, 3.63) is 71.8 Å². The lowest BCUT2D eigenvalue weighted by Gasteiger charge is -2.32. The molecule has 0 saturated carbocycles. The Labute approximate surface area is 113 Å². The molecule has 0 unspecified atom stereocenters. The Balaban J connectivity index is 1.95. The first-order valence-electron chi connectivity index (χ1n) is 6.71. The monoisotopic (exact) mass is 251 g/mol. The van der Waals surface area contributed by atoms with Crippen molar-refractivity contribution in [2.45, 2.75) is 18.3 Å². The van der Waals surface area contributed by atoms with Crippen molar-refractivity contribution in [3.8, 4) is 0 Å². The van der Waals surface area contributed by atoms with Crippen LogP contribution < -0.4 is 5.32 Å². The van der Waals surface area contributed by atoms with Crippen LogP contribution in [0.1, 0.15) is 29.4 Å². The molecule has 0 aromatic heterocycles. The summed E-state index contributed by atoms with van der Waals surface area (Å²) in [5, 5.41) is 2.99. The first-order valence-corrected chi connectivity index (χ1v) is 6.71. The fraction of sp³-hybridized carbons (Fsp3) is 0.235. The maximum absolute atomic E-state index is 11.7. The summed E-state index contributed by atoms with van der Waals surface area (Å²) in [5.74, 6) is 0.791. The molecule has 1 aliphatic heterocycles. The van der Waals surface area contributed by atoms with E-state index in [9.17, 15) is 4.79 Å². The number of nitrogens with one attached hydrogen (secondary N) is 1. The Morgan fingerprint density at radius 2 is 1.32 bits per heavy atom. The smallest absolute Gasteiger partial charge is 0.220 e. The van der Waals surface area contributed by atoms with Gasteiger partial charge < -0.3 is 5.32 Å². The molecule has 96 valence electrons. The number of carbonyl (C=O) groups excluding carboxylic acids is 1. The summed E-state index contributed by atoms with van der Waals surface area (Å²) in [6, 6.07) is 20.8. The topological polar surface area (TPSA) is 29.1 Å². The van der Waals surface area contributed by atoms with Crippen molar-refractivity contribution in [2.24, 2.45) is 0 Å². The molecule has 2 atom stereocenters. The number of hydrogen-bond acceptors (Lipinski definition) is 1. The molecule has 2 aromatic carbocycles. The molecule has 1 saturated heterocycles. The SMILES string of the molecule is O=C1C[C@H](c2ccccc2)[C@@H](c2ccccc2)CN1. The molecule has 1 N–H and O–H groups in total. The molecule has 2 aromatic rings. The molecule has 0 bridgehead atoms. The molecule has 3 rings (SSSR count). The van der Waals surface area contributed by atoms with Crippen LogP contribution in [-0.4, -0.2) is 12.5 Å². The number of carbonyl (C=O) groups is 1. The minimum Gasteiger partial charge on any atom is -0.355 e. The molecule has 1 aliphatic rings. The van der Waals surface area contributed by atoms with Gasteiger partial charge in [0.1, 0.15) is 0 Å². The standard InChI is InChI=1S/C17H17NO/c19-17-11-15(13-7-3-1-4-8-13)16(12-18-17)14-9-5-2-6-10-14/h1-10,15-16H,11-12H2,(H,18,19)/t15-,16-/m1/s1. The van der Waals surface area contributed by atoms with Crippen LogP contribution in [0.25, 0.3) is 0 Å². The van der Waals surface area contributed by atoms with Crippen molar-refractivity contribution >= 4 is 5.91 Å². The molecule has 2 heteroatoms. The van der Waals surface area contributed by atoms with Gasteiger partial charge in [-0.3, -0.25) is 4.79 Å². The lowest BCUT2D eigenvalue weighted by atomic mass is 9.77. The highest BCUT2D eigenvalue weighted by atomic mass is 16.1. The second kappa shape index (κ2) is 5.27. The summed E-state index contributed by atoms with van der Waals surface area (Å²) in [7, 11) is 0. The summed E-state index contributed by atoms with van der Waals surface area (Å²) in [6.45, 7) is 0.725. The van der Waals surface area contributed by atoms with Crippen molar-refractivity contribution < 1.29 is 4.79 Å². The van der Waals surface area contributed by atoms with Crippen molar-refractivity contribution in [3.63, 3.8) is 0 Å². The fourth-order valence-corrected chi connectivity index (χ4v) is 2.88. The number of piperidine rings is 1. The number of rotatable bonds is 2. The van der Waals surface area contributed by atoms with Crippen LogP contribution in [0.3, 0.4) is 0 Å². The van der Waals surface area contributed by atoms with E-state index in [0.29, 0.717) is 12.3 Å². The fourth-order valence-electron chi connectivity index (χ4n) is 2.88. The molecule has 0 aliphatic carbocycles. The number of amides is 1. The zero-order valence-corrected chi connectivity index (χ0v) is 10.8. The molecule has 1 heterocycles. The van der Waals surface area contributed by atoms with E-state index in [1.807, 2.05) is 24.3 Å². The van der Waals surface area contributed by atoms with E-state index in [1.165, 1.54) is 11.1 Å². The lowest BCUT2D eigenvalue weighted by Crippen LogP contribution is -2.38. The van der Waals surface area contributed by atoms with Gasteiger partial charge in [0.15, 0.2) is 0 Å². The van der Waals surface area contributed by atoms with Gasteiger partial charge in [-0.1, -0.05) is 60.7 Å². The van der Waals surface area contributed by atoms with E-state index in [2.05, 4.69) is 41.7 Å². The number of hydrogen-bond donors (Lipinski definition) is 1. The summed E-state index contributed by atoms with van der Waals surface area (Å²) >= 11 is 0. The predicted octanol–water partition coefficient (Wildman–Crippen LogP) is 3.07. The van der Waals surface area contributed by atoms with Gasteiger partial charge >= 0.3 is 0 Å². The Hall–Kier alpha value is -2.09. The van der Waals surface area contributed by atoms with Gasteiger partial charge in [0.2, 0.25) is 5.91 Å². The van der Waals surface area contributed by atoms with E-state index in [-0.39, 0.29) is 11.8 Å². The summed E-state index contributed by atoms with van der Waals surface area (Å²) < 4.78 is 0. The van der Waals surface area contributed by atoms with Crippen LogP contribution in [0, 0.1) is 0 Å². The lowest BCUT2D eigenvalue weighted by molar-refractivity contribution is -0.122. The third kappa shape index (κ3) is 2.53. The summed E-state index contributed by atoms with van der Waals surface area (Å²) in [5.41, 5.74) is 2.56. The summed E-state index contributed by atoms with van der Waals surface area (Å²) in [4.78, 5) is 11.7. The second-order valence-electron chi connectivity index (χ2n) is 5.04. The first-order chi connectivity index (χ1) is 9.34. The molecular formula is C17H17NO. The van der Waals surface area contributed by atoms with Crippen LogP contribution >= 0.6 is 0 Å². The minimum atomic E-state index is 0.154. The van der Waals surface area contributed by atoms with Crippen molar-refractivity contribution in [1.82, 2.24) is 5.32 Å². The minimum absolute atomic E-state index is 0.154. The van der Waals surface area contributed by atoms with E-state index in [1.54, 1.807) is 0 Å². The maximum Gasteiger partial charge on any atom is 0.220 e. The van der Waals surface area contributed by atoms with Gasteiger partial charge in [0.05, 0.1) is 0 Å². The van der Waals surface area contributed by atoms with Gasteiger partial charge in [0, 0.05) is 24.8 Å². The third-order valence-electron chi connectivity index (χ3n) is 3.87. The Morgan fingerprint density at radius 3 is 1.89 bits per heavy atom. The average molecular weight is 251 g/mol. The van der Waals surface area contributed by atoms with Gasteiger partial charge in [-0.25, -0.2) is 0 Å². The number of benzene rings is 2. The highest BCUT2D eigenvalue weighted by molar-refractivity contribution is 5.78.